The van der Waals surface area contributed by atoms with Crippen LogP contribution in [0, 0.1) is 13.8 Å². The molecule has 1 aromatic carbocycles. The van der Waals surface area contributed by atoms with E-state index in [4.69, 9.17) is 0 Å². The first-order valence-electron chi connectivity index (χ1n) is 8.23. The zero-order valence-corrected chi connectivity index (χ0v) is 13.4. The van der Waals surface area contributed by atoms with Gasteiger partial charge in [0.2, 0.25) is 5.91 Å². The molecule has 114 valence electrons. The average molecular weight is 286 g/mol. The number of carbonyl (C=O) groups is 1. The van der Waals surface area contributed by atoms with Crippen molar-refractivity contribution in [2.45, 2.75) is 64.6 Å². The van der Waals surface area contributed by atoms with Crippen LogP contribution in [0.3, 0.4) is 0 Å². The van der Waals surface area contributed by atoms with E-state index in [0.29, 0.717) is 5.91 Å². The van der Waals surface area contributed by atoms with E-state index in [9.17, 15) is 4.79 Å². The van der Waals surface area contributed by atoms with Crippen LogP contribution in [0.15, 0.2) is 18.2 Å². The molecule has 1 aliphatic carbocycles. The molecular formula is C18H26N2O. The standard InChI is InChI=1S/C18H26N2O/c1-4-20-16(15-9-8-13(2)12-14(15)3)19-18(17(20)21)10-6-5-7-11-18/h8-9,12,16,19H,4-7,10-11H2,1-3H3. The van der Waals surface area contributed by atoms with E-state index in [0.717, 1.165) is 32.2 Å². The predicted octanol–water partition coefficient (Wildman–Crippen LogP) is 3.46. The Morgan fingerprint density at radius 1 is 1.24 bits per heavy atom. The molecule has 0 aromatic heterocycles. The Kier molecular flexibility index (Phi) is 3.78. The van der Waals surface area contributed by atoms with Crippen molar-refractivity contribution in [3.63, 3.8) is 0 Å². The maximum atomic E-state index is 12.9. The molecule has 3 heteroatoms. The number of likely N-dealkylation sites (N-methyl/N-ethyl adjacent to an activating group) is 1. The van der Waals surface area contributed by atoms with Crippen molar-refractivity contribution in [1.29, 1.82) is 0 Å². The number of nitrogens with zero attached hydrogens (tertiary/aromatic N) is 1. The maximum Gasteiger partial charge on any atom is 0.244 e. The average Bonchev–Trinajstić information content (AvgIpc) is 2.72. The van der Waals surface area contributed by atoms with Gasteiger partial charge in [0, 0.05) is 6.54 Å². The summed E-state index contributed by atoms with van der Waals surface area (Å²) in [4.78, 5) is 15.0. The maximum absolute atomic E-state index is 12.9. The summed E-state index contributed by atoms with van der Waals surface area (Å²) in [5.74, 6) is 0.315. The molecule has 3 nitrogen and oxygen atoms in total. The largest absolute Gasteiger partial charge is 0.322 e. The van der Waals surface area contributed by atoms with E-state index < -0.39 is 0 Å². The Morgan fingerprint density at radius 2 is 1.95 bits per heavy atom. The van der Waals surface area contributed by atoms with E-state index >= 15 is 0 Å². The zero-order chi connectivity index (χ0) is 15.0. The lowest BCUT2D eigenvalue weighted by Gasteiger charge is -2.31. The predicted molar refractivity (Wildman–Crippen MR) is 85.0 cm³/mol. The molecule has 21 heavy (non-hydrogen) atoms. The first-order valence-corrected chi connectivity index (χ1v) is 8.23. The lowest BCUT2D eigenvalue weighted by atomic mass is 9.81. The summed E-state index contributed by atoms with van der Waals surface area (Å²) in [6, 6.07) is 6.54. The molecule has 0 radical (unpaired) electrons. The number of nitrogens with one attached hydrogen (secondary N) is 1. The molecule has 1 atom stereocenters. The van der Waals surface area contributed by atoms with Crippen molar-refractivity contribution in [3.05, 3.63) is 34.9 Å². The highest BCUT2D eigenvalue weighted by molar-refractivity contribution is 5.89. The Bertz CT molecular complexity index is 546. The van der Waals surface area contributed by atoms with Crippen LogP contribution < -0.4 is 5.32 Å². The van der Waals surface area contributed by atoms with E-state index in [1.165, 1.54) is 23.1 Å². The van der Waals surface area contributed by atoms with Gasteiger partial charge in [0.1, 0.15) is 6.17 Å². The summed E-state index contributed by atoms with van der Waals surface area (Å²) >= 11 is 0. The van der Waals surface area contributed by atoms with Crippen molar-refractivity contribution in [1.82, 2.24) is 10.2 Å². The van der Waals surface area contributed by atoms with Gasteiger partial charge in [-0.25, -0.2) is 0 Å². The fourth-order valence-electron chi connectivity index (χ4n) is 4.01. The van der Waals surface area contributed by atoms with Crippen LogP contribution in [0.5, 0.6) is 0 Å². The van der Waals surface area contributed by atoms with Crippen LogP contribution in [0.2, 0.25) is 0 Å². The highest BCUT2D eigenvalue weighted by Gasteiger charge is 2.51. The summed E-state index contributed by atoms with van der Waals surface area (Å²) in [7, 11) is 0. The second-order valence-electron chi connectivity index (χ2n) is 6.64. The van der Waals surface area contributed by atoms with Crippen LogP contribution in [0.25, 0.3) is 0 Å². The van der Waals surface area contributed by atoms with Crippen molar-refractivity contribution in [2.24, 2.45) is 0 Å². The van der Waals surface area contributed by atoms with Crippen LogP contribution in [0.4, 0.5) is 0 Å². The second-order valence-corrected chi connectivity index (χ2v) is 6.64. The number of benzene rings is 1. The van der Waals surface area contributed by atoms with Crippen LogP contribution in [-0.2, 0) is 4.79 Å². The fraction of sp³-hybridized carbons (Fsp3) is 0.611. The number of hydrogen-bond acceptors (Lipinski definition) is 2. The highest BCUT2D eigenvalue weighted by atomic mass is 16.2. The molecule has 1 unspecified atom stereocenters. The first-order chi connectivity index (χ1) is 10.1. The number of rotatable bonds is 2. The number of aryl methyl sites for hydroxylation is 2. The van der Waals surface area contributed by atoms with Crippen LogP contribution in [0.1, 0.15) is 61.9 Å². The highest BCUT2D eigenvalue weighted by Crippen LogP contribution is 2.40. The molecule has 2 fully saturated rings. The Hall–Kier alpha value is -1.35. The molecular weight excluding hydrogens is 260 g/mol. The lowest BCUT2D eigenvalue weighted by molar-refractivity contribution is -0.134. The molecule has 1 aromatic rings. The van der Waals surface area contributed by atoms with Crippen molar-refractivity contribution >= 4 is 5.91 Å². The van der Waals surface area contributed by atoms with E-state index in [2.05, 4.69) is 44.3 Å². The first kappa shape index (κ1) is 14.6. The topological polar surface area (TPSA) is 32.3 Å². The van der Waals surface area contributed by atoms with Crippen LogP contribution in [-0.4, -0.2) is 22.9 Å². The fourth-order valence-corrected chi connectivity index (χ4v) is 4.01. The summed E-state index contributed by atoms with van der Waals surface area (Å²) in [5, 5.41) is 3.71. The van der Waals surface area contributed by atoms with Crippen molar-refractivity contribution < 1.29 is 4.79 Å². The Morgan fingerprint density at radius 3 is 2.57 bits per heavy atom. The molecule has 1 aliphatic heterocycles. The normalized spacial score (nSPS) is 24.8. The smallest absolute Gasteiger partial charge is 0.244 e. The third kappa shape index (κ3) is 2.38. The molecule has 1 N–H and O–H groups in total. The molecule has 1 saturated carbocycles. The minimum Gasteiger partial charge on any atom is -0.322 e. The van der Waals surface area contributed by atoms with Gasteiger partial charge in [-0.15, -0.1) is 0 Å². The molecule has 1 spiro atoms. The molecule has 1 amide bonds. The Labute approximate surface area is 127 Å². The Balaban J connectivity index is 1.96. The summed E-state index contributed by atoms with van der Waals surface area (Å²) < 4.78 is 0. The van der Waals surface area contributed by atoms with Crippen molar-refractivity contribution in [2.75, 3.05) is 6.54 Å². The lowest BCUT2D eigenvalue weighted by Crippen LogP contribution is -2.48. The van der Waals surface area contributed by atoms with E-state index in [-0.39, 0.29) is 11.7 Å². The summed E-state index contributed by atoms with van der Waals surface area (Å²) in [6.07, 6.45) is 5.61. The van der Waals surface area contributed by atoms with Gasteiger partial charge < -0.3 is 4.90 Å². The van der Waals surface area contributed by atoms with E-state index in [1.807, 2.05) is 4.90 Å². The van der Waals surface area contributed by atoms with Gasteiger partial charge in [0.25, 0.3) is 0 Å². The van der Waals surface area contributed by atoms with Gasteiger partial charge in [-0.1, -0.05) is 43.0 Å². The summed E-state index contributed by atoms with van der Waals surface area (Å²) in [6.45, 7) is 7.11. The minimum atomic E-state index is -0.295. The number of hydrogen-bond donors (Lipinski definition) is 1. The van der Waals surface area contributed by atoms with Crippen LogP contribution >= 0.6 is 0 Å². The SMILES string of the molecule is CCN1C(=O)C2(CCCCC2)NC1c1ccc(C)cc1C. The zero-order valence-electron chi connectivity index (χ0n) is 13.4. The molecule has 1 heterocycles. The number of amides is 1. The van der Waals surface area contributed by atoms with E-state index in [1.54, 1.807) is 0 Å². The second kappa shape index (κ2) is 5.45. The van der Waals surface area contributed by atoms with Gasteiger partial charge in [-0.2, -0.15) is 0 Å². The molecule has 1 saturated heterocycles. The third-order valence-corrected chi connectivity index (χ3v) is 5.16. The van der Waals surface area contributed by atoms with Crippen molar-refractivity contribution in [3.8, 4) is 0 Å². The monoisotopic (exact) mass is 286 g/mol. The molecule has 0 bridgehead atoms. The quantitative estimate of drug-likeness (QED) is 0.903. The van der Waals surface area contributed by atoms with Gasteiger partial charge in [-0.05, 0) is 44.7 Å². The molecule has 3 rings (SSSR count). The minimum absolute atomic E-state index is 0.0428. The number of carbonyl (C=O) groups excluding carboxylic acids is 1. The van der Waals surface area contributed by atoms with Gasteiger partial charge >= 0.3 is 0 Å². The third-order valence-electron chi connectivity index (χ3n) is 5.16. The summed E-state index contributed by atoms with van der Waals surface area (Å²) in [5.41, 5.74) is 3.50. The van der Waals surface area contributed by atoms with Gasteiger partial charge in [0.05, 0.1) is 5.54 Å². The van der Waals surface area contributed by atoms with Gasteiger partial charge in [-0.3, -0.25) is 10.1 Å². The molecule has 2 aliphatic rings. The van der Waals surface area contributed by atoms with Gasteiger partial charge in [0.15, 0.2) is 0 Å².